The highest BCUT2D eigenvalue weighted by Gasteiger charge is 2.14. The number of nitro benzene ring substituents is 1. The van der Waals surface area contributed by atoms with Crippen LogP contribution in [0.1, 0.15) is 5.56 Å². The average Bonchev–Trinajstić information content (AvgIpc) is 3.09. The molecular weight excluding hydrogens is 276 g/mol. The highest BCUT2D eigenvalue weighted by atomic mass is 32.1. The van der Waals surface area contributed by atoms with E-state index < -0.39 is 0 Å². The summed E-state index contributed by atoms with van der Waals surface area (Å²) in [6.07, 6.45) is 3.22. The molecule has 0 aliphatic carbocycles. The number of aryl methyl sites for hydroxylation is 1. The Labute approximate surface area is 118 Å². The standard InChI is InChI=1S/C14H10N2O3S/c1-9-2-3-10(6-13(9)16(17)18)12-8-20-14(15-12)11-4-5-19-7-11/h2-8H,1H3. The molecule has 6 heteroatoms. The van der Waals surface area contributed by atoms with Crippen molar-refractivity contribution >= 4 is 17.0 Å². The third-order valence-corrected chi connectivity index (χ3v) is 3.87. The van der Waals surface area contributed by atoms with Crippen LogP contribution in [-0.4, -0.2) is 9.91 Å². The molecular formula is C14H10N2O3S. The third-order valence-electron chi connectivity index (χ3n) is 2.97. The second kappa shape index (κ2) is 4.90. The predicted octanol–water partition coefficient (Wildman–Crippen LogP) is 4.29. The van der Waals surface area contributed by atoms with Gasteiger partial charge in [0, 0.05) is 28.1 Å². The second-order valence-corrected chi connectivity index (χ2v) is 5.17. The lowest BCUT2D eigenvalue weighted by molar-refractivity contribution is -0.385. The minimum atomic E-state index is -0.373. The number of aromatic nitrogens is 1. The number of thiazole rings is 1. The molecule has 0 fully saturated rings. The van der Waals surface area contributed by atoms with Crippen molar-refractivity contribution in [2.24, 2.45) is 0 Å². The van der Waals surface area contributed by atoms with Crippen LogP contribution in [0.25, 0.3) is 21.8 Å². The van der Waals surface area contributed by atoms with Crippen molar-refractivity contribution in [1.29, 1.82) is 0 Å². The largest absolute Gasteiger partial charge is 0.472 e. The van der Waals surface area contributed by atoms with Crippen LogP contribution in [0.4, 0.5) is 5.69 Å². The van der Waals surface area contributed by atoms with Gasteiger partial charge in [-0.2, -0.15) is 0 Å². The maximum atomic E-state index is 11.0. The smallest absolute Gasteiger partial charge is 0.272 e. The van der Waals surface area contributed by atoms with Crippen molar-refractivity contribution in [2.45, 2.75) is 6.92 Å². The Hall–Kier alpha value is -2.47. The van der Waals surface area contributed by atoms with Gasteiger partial charge in [0.15, 0.2) is 0 Å². The molecule has 5 nitrogen and oxygen atoms in total. The van der Waals surface area contributed by atoms with E-state index in [-0.39, 0.29) is 10.6 Å². The van der Waals surface area contributed by atoms with Crippen LogP contribution in [-0.2, 0) is 0 Å². The summed E-state index contributed by atoms with van der Waals surface area (Å²) in [7, 11) is 0. The second-order valence-electron chi connectivity index (χ2n) is 4.31. The maximum absolute atomic E-state index is 11.0. The molecule has 0 saturated carbocycles. The van der Waals surface area contributed by atoms with E-state index in [1.54, 1.807) is 31.6 Å². The number of rotatable bonds is 3. The van der Waals surface area contributed by atoms with Gasteiger partial charge < -0.3 is 4.42 Å². The van der Waals surface area contributed by atoms with Gasteiger partial charge in [0.1, 0.15) is 11.3 Å². The summed E-state index contributed by atoms with van der Waals surface area (Å²) < 4.78 is 5.03. The lowest BCUT2D eigenvalue weighted by Crippen LogP contribution is -1.92. The molecule has 0 aliphatic heterocycles. The Morgan fingerprint density at radius 1 is 1.30 bits per heavy atom. The van der Waals surface area contributed by atoms with Gasteiger partial charge in [-0.15, -0.1) is 11.3 Å². The molecule has 0 aliphatic rings. The molecule has 0 radical (unpaired) electrons. The van der Waals surface area contributed by atoms with E-state index in [0.29, 0.717) is 5.56 Å². The van der Waals surface area contributed by atoms with Gasteiger partial charge in [0.05, 0.1) is 16.9 Å². The van der Waals surface area contributed by atoms with Gasteiger partial charge in [-0.3, -0.25) is 10.1 Å². The summed E-state index contributed by atoms with van der Waals surface area (Å²) in [4.78, 5) is 15.1. The normalized spacial score (nSPS) is 10.7. The van der Waals surface area contributed by atoms with Crippen LogP contribution < -0.4 is 0 Å². The van der Waals surface area contributed by atoms with Gasteiger partial charge in [0.2, 0.25) is 0 Å². The topological polar surface area (TPSA) is 69.2 Å². The Morgan fingerprint density at radius 3 is 2.85 bits per heavy atom. The molecule has 0 unspecified atom stereocenters. The van der Waals surface area contributed by atoms with Crippen LogP contribution in [0.5, 0.6) is 0 Å². The Bertz CT molecular complexity index is 763. The van der Waals surface area contributed by atoms with Crippen LogP contribution in [0.2, 0.25) is 0 Å². The molecule has 0 spiro atoms. The molecule has 0 saturated heterocycles. The zero-order chi connectivity index (χ0) is 14.1. The van der Waals surface area contributed by atoms with Crippen molar-refractivity contribution in [3.05, 3.63) is 57.8 Å². The summed E-state index contributed by atoms with van der Waals surface area (Å²) in [5.74, 6) is 0. The highest BCUT2D eigenvalue weighted by molar-refractivity contribution is 7.13. The Kier molecular flexibility index (Phi) is 3.08. The molecule has 0 atom stereocenters. The van der Waals surface area contributed by atoms with E-state index in [1.807, 2.05) is 17.5 Å². The monoisotopic (exact) mass is 286 g/mol. The quantitative estimate of drug-likeness (QED) is 0.532. The molecule has 20 heavy (non-hydrogen) atoms. The summed E-state index contributed by atoms with van der Waals surface area (Å²) in [6.45, 7) is 1.72. The van der Waals surface area contributed by atoms with Gasteiger partial charge in [-0.1, -0.05) is 12.1 Å². The number of nitrogens with zero attached hydrogens (tertiary/aromatic N) is 2. The number of nitro groups is 1. The molecule has 2 heterocycles. The van der Waals surface area contributed by atoms with Crippen molar-refractivity contribution in [3.63, 3.8) is 0 Å². The van der Waals surface area contributed by atoms with Crippen molar-refractivity contribution in [2.75, 3.05) is 0 Å². The zero-order valence-electron chi connectivity index (χ0n) is 10.6. The van der Waals surface area contributed by atoms with E-state index >= 15 is 0 Å². The summed E-state index contributed by atoms with van der Waals surface area (Å²) in [5.41, 5.74) is 3.13. The van der Waals surface area contributed by atoms with Crippen LogP contribution in [0.15, 0.2) is 46.6 Å². The van der Waals surface area contributed by atoms with Gasteiger partial charge >= 0.3 is 0 Å². The predicted molar refractivity (Wildman–Crippen MR) is 76.6 cm³/mol. The summed E-state index contributed by atoms with van der Waals surface area (Å²) in [5, 5.41) is 13.7. The van der Waals surface area contributed by atoms with Gasteiger partial charge in [0.25, 0.3) is 5.69 Å². The number of hydrogen-bond acceptors (Lipinski definition) is 5. The Balaban J connectivity index is 2.02. The van der Waals surface area contributed by atoms with E-state index in [4.69, 9.17) is 4.42 Å². The van der Waals surface area contributed by atoms with E-state index in [9.17, 15) is 10.1 Å². The first kappa shape index (κ1) is 12.6. The van der Waals surface area contributed by atoms with E-state index in [1.165, 1.54) is 11.3 Å². The molecule has 3 rings (SSSR count). The van der Waals surface area contributed by atoms with E-state index in [0.717, 1.165) is 21.8 Å². The number of benzene rings is 1. The Morgan fingerprint density at radius 2 is 2.15 bits per heavy atom. The van der Waals surface area contributed by atoms with Crippen LogP contribution in [0, 0.1) is 17.0 Å². The first-order valence-electron chi connectivity index (χ1n) is 5.88. The van der Waals surface area contributed by atoms with Crippen LogP contribution in [0.3, 0.4) is 0 Å². The van der Waals surface area contributed by atoms with Gasteiger partial charge in [-0.25, -0.2) is 4.98 Å². The minimum Gasteiger partial charge on any atom is -0.472 e. The fourth-order valence-electron chi connectivity index (χ4n) is 1.89. The molecule has 0 N–H and O–H groups in total. The third kappa shape index (κ3) is 2.21. The van der Waals surface area contributed by atoms with E-state index in [2.05, 4.69) is 4.98 Å². The molecule has 2 aromatic heterocycles. The lowest BCUT2D eigenvalue weighted by atomic mass is 10.1. The first-order valence-corrected chi connectivity index (χ1v) is 6.76. The SMILES string of the molecule is Cc1ccc(-c2csc(-c3ccoc3)n2)cc1[N+](=O)[O-]. The van der Waals surface area contributed by atoms with Crippen molar-refractivity contribution in [3.8, 4) is 21.8 Å². The molecule has 0 amide bonds. The number of furan rings is 1. The fraction of sp³-hybridized carbons (Fsp3) is 0.0714. The fourth-order valence-corrected chi connectivity index (χ4v) is 2.71. The molecule has 0 bridgehead atoms. The average molecular weight is 286 g/mol. The lowest BCUT2D eigenvalue weighted by Gasteiger charge is -2.00. The number of hydrogen-bond donors (Lipinski definition) is 0. The maximum Gasteiger partial charge on any atom is 0.272 e. The van der Waals surface area contributed by atoms with Crippen LogP contribution >= 0.6 is 11.3 Å². The van der Waals surface area contributed by atoms with Crippen molar-refractivity contribution < 1.29 is 9.34 Å². The van der Waals surface area contributed by atoms with Crippen molar-refractivity contribution in [1.82, 2.24) is 4.98 Å². The highest BCUT2D eigenvalue weighted by Crippen LogP contribution is 2.31. The molecule has 1 aromatic carbocycles. The summed E-state index contributed by atoms with van der Waals surface area (Å²) in [6, 6.07) is 6.98. The zero-order valence-corrected chi connectivity index (χ0v) is 11.4. The molecule has 3 aromatic rings. The van der Waals surface area contributed by atoms with Gasteiger partial charge in [-0.05, 0) is 13.0 Å². The summed E-state index contributed by atoms with van der Waals surface area (Å²) >= 11 is 1.48. The minimum absolute atomic E-state index is 0.111. The first-order chi connectivity index (χ1) is 9.65. The molecule has 100 valence electrons.